The molecule has 2 saturated heterocycles. The van der Waals surface area contributed by atoms with E-state index >= 15 is 0 Å². The average Bonchev–Trinajstić information content (AvgIpc) is 2.46. The number of carbonyl (C=O) groups excluding carboxylic acids is 3. The minimum Gasteiger partial charge on any atom is -0.306 e. The van der Waals surface area contributed by atoms with Crippen molar-refractivity contribution < 1.29 is 14.4 Å². The molecule has 7 heteroatoms. The van der Waals surface area contributed by atoms with E-state index in [9.17, 15) is 14.4 Å². The van der Waals surface area contributed by atoms with Gasteiger partial charge in [0, 0.05) is 6.54 Å². The molecule has 2 aliphatic rings. The van der Waals surface area contributed by atoms with Crippen LogP contribution in [0.25, 0.3) is 0 Å². The molecule has 0 saturated carbocycles. The number of urea groups is 1. The number of nitrogens with zero attached hydrogens (tertiary/aromatic N) is 2. The van der Waals surface area contributed by atoms with Crippen molar-refractivity contribution in [3.63, 3.8) is 0 Å². The van der Waals surface area contributed by atoms with Crippen molar-refractivity contribution in [3.05, 3.63) is 0 Å². The van der Waals surface area contributed by atoms with Gasteiger partial charge in [0.2, 0.25) is 5.91 Å². The molecule has 0 atom stereocenters. The molecule has 0 aliphatic carbocycles. The van der Waals surface area contributed by atoms with Crippen molar-refractivity contribution in [1.29, 1.82) is 0 Å². The lowest BCUT2D eigenvalue weighted by Crippen LogP contribution is -2.56. The summed E-state index contributed by atoms with van der Waals surface area (Å²) in [5.41, 5.74) is 0. The van der Waals surface area contributed by atoms with Gasteiger partial charge in [0.1, 0.15) is 6.54 Å². The average molecular weight is 198 g/mol. The zero-order valence-electron chi connectivity index (χ0n) is 7.45. The Morgan fingerprint density at radius 3 is 2.50 bits per heavy atom. The molecule has 76 valence electrons. The van der Waals surface area contributed by atoms with Gasteiger partial charge in [0.05, 0.1) is 13.1 Å². The van der Waals surface area contributed by atoms with Crippen LogP contribution < -0.4 is 10.6 Å². The first kappa shape index (κ1) is 8.95. The largest absolute Gasteiger partial charge is 0.343 e. The maximum Gasteiger partial charge on any atom is 0.343 e. The first-order valence-corrected chi connectivity index (χ1v) is 4.31. The maximum absolute atomic E-state index is 11.4. The smallest absolute Gasteiger partial charge is 0.306 e. The van der Waals surface area contributed by atoms with E-state index in [-0.39, 0.29) is 24.9 Å². The molecule has 7 nitrogen and oxygen atoms in total. The molecule has 2 fully saturated rings. The third kappa shape index (κ3) is 1.41. The van der Waals surface area contributed by atoms with Gasteiger partial charge in [-0.1, -0.05) is 0 Å². The molecule has 2 aliphatic heterocycles. The molecule has 0 aromatic rings. The first-order chi connectivity index (χ1) is 6.68. The van der Waals surface area contributed by atoms with E-state index in [0.717, 1.165) is 5.01 Å². The number of nitrogens with one attached hydrogen (secondary N) is 2. The molecule has 2 N–H and O–H groups in total. The molecule has 0 bridgehead atoms. The van der Waals surface area contributed by atoms with E-state index in [4.69, 9.17) is 0 Å². The van der Waals surface area contributed by atoms with Crippen molar-refractivity contribution in [2.75, 3.05) is 26.2 Å². The van der Waals surface area contributed by atoms with Gasteiger partial charge in [0.15, 0.2) is 0 Å². The standard InChI is InChI=1S/C7H10N4O3/c12-5-4-11(7(14)9-5)10-2-1-8-3-6(10)13/h8H,1-4H2,(H,9,12,14). The fraction of sp³-hybridized carbons (Fsp3) is 0.571. The van der Waals surface area contributed by atoms with E-state index in [2.05, 4.69) is 10.6 Å². The van der Waals surface area contributed by atoms with Crippen LogP contribution in [-0.2, 0) is 9.59 Å². The number of hydrazine groups is 1. The first-order valence-electron chi connectivity index (χ1n) is 4.31. The Balaban J connectivity index is 2.10. The maximum atomic E-state index is 11.4. The van der Waals surface area contributed by atoms with Crippen molar-refractivity contribution in [2.45, 2.75) is 0 Å². The molecule has 0 aromatic carbocycles. The number of hydrogen-bond donors (Lipinski definition) is 2. The lowest BCUT2D eigenvalue weighted by molar-refractivity contribution is -0.145. The second kappa shape index (κ2) is 3.26. The van der Waals surface area contributed by atoms with Crippen molar-refractivity contribution >= 4 is 17.8 Å². The predicted molar refractivity (Wildman–Crippen MR) is 44.8 cm³/mol. The van der Waals surface area contributed by atoms with Crippen molar-refractivity contribution in [1.82, 2.24) is 20.7 Å². The van der Waals surface area contributed by atoms with Crippen molar-refractivity contribution in [3.8, 4) is 0 Å². The van der Waals surface area contributed by atoms with Crippen LogP contribution in [0.15, 0.2) is 0 Å². The number of imide groups is 1. The Morgan fingerprint density at radius 1 is 1.14 bits per heavy atom. The second-order valence-electron chi connectivity index (χ2n) is 3.10. The second-order valence-corrected chi connectivity index (χ2v) is 3.10. The summed E-state index contributed by atoms with van der Waals surface area (Å²) in [5, 5.41) is 7.44. The van der Waals surface area contributed by atoms with Gasteiger partial charge in [-0.2, -0.15) is 0 Å². The summed E-state index contributed by atoms with van der Waals surface area (Å²) in [4.78, 5) is 33.5. The van der Waals surface area contributed by atoms with Gasteiger partial charge >= 0.3 is 6.03 Å². The minimum atomic E-state index is -0.523. The Morgan fingerprint density at radius 2 is 1.93 bits per heavy atom. The normalized spacial score (nSPS) is 23.0. The fourth-order valence-corrected chi connectivity index (χ4v) is 1.48. The van der Waals surface area contributed by atoms with Gasteiger partial charge in [-0.25, -0.2) is 14.8 Å². The summed E-state index contributed by atoms with van der Waals surface area (Å²) in [5.74, 6) is -0.567. The molecule has 2 rings (SSSR count). The Labute approximate surface area is 80.0 Å². The van der Waals surface area contributed by atoms with Crippen LogP contribution in [0.2, 0.25) is 0 Å². The zero-order chi connectivity index (χ0) is 10.1. The van der Waals surface area contributed by atoms with Crippen LogP contribution in [0.4, 0.5) is 4.79 Å². The number of piperazine rings is 1. The topological polar surface area (TPSA) is 81.8 Å². The van der Waals surface area contributed by atoms with E-state index in [1.54, 1.807) is 0 Å². The van der Waals surface area contributed by atoms with E-state index < -0.39 is 6.03 Å². The molecule has 14 heavy (non-hydrogen) atoms. The molecular weight excluding hydrogens is 188 g/mol. The highest BCUT2D eigenvalue weighted by atomic mass is 16.2. The molecule has 4 amide bonds. The van der Waals surface area contributed by atoms with Crippen LogP contribution in [0.1, 0.15) is 0 Å². The lowest BCUT2D eigenvalue weighted by atomic mass is 10.4. The Kier molecular flexibility index (Phi) is 2.08. The SMILES string of the molecule is O=C1CN(N2CCNCC2=O)C(=O)N1. The summed E-state index contributed by atoms with van der Waals surface area (Å²) in [7, 11) is 0. The van der Waals surface area contributed by atoms with E-state index in [1.807, 2.05) is 0 Å². The fourth-order valence-electron chi connectivity index (χ4n) is 1.48. The van der Waals surface area contributed by atoms with Gasteiger partial charge < -0.3 is 5.32 Å². The summed E-state index contributed by atoms with van der Waals surface area (Å²) in [6, 6.07) is -0.523. The molecule has 2 heterocycles. The van der Waals surface area contributed by atoms with Gasteiger partial charge in [-0.15, -0.1) is 0 Å². The number of rotatable bonds is 1. The van der Waals surface area contributed by atoms with Gasteiger partial charge in [-0.05, 0) is 0 Å². The Bertz CT molecular complexity index is 303. The highest BCUT2D eigenvalue weighted by Crippen LogP contribution is 2.06. The van der Waals surface area contributed by atoms with Crippen LogP contribution in [0.5, 0.6) is 0 Å². The van der Waals surface area contributed by atoms with Crippen LogP contribution in [-0.4, -0.2) is 54.0 Å². The molecule has 0 radical (unpaired) electrons. The lowest BCUT2D eigenvalue weighted by Gasteiger charge is -2.33. The van der Waals surface area contributed by atoms with E-state index in [1.165, 1.54) is 5.01 Å². The van der Waals surface area contributed by atoms with Gasteiger partial charge in [0.25, 0.3) is 5.91 Å². The third-order valence-corrected chi connectivity index (χ3v) is 2.13. The highest BCUT2D eigenvalue weighted by molar-refractivity contribution is 6.02. The van der Waals surface area contributed by atoms with Crippen molar-refractivity contribution in [2.24, 2.45) is 0 Å². The summed E-state index contributed by atoms with van der Waals surface area (Å²) >= 11 is 0. The number of amides is 4. The highest BCUT2D eigenvalue weighted by Gasteiger charge is 2.35. The van der Waals surface area contributed by atoms with Crippen LogP contribution >= 0.6 is 0 Å². The molecule has 0 aromatic heterocycles. The molecule has 0 unspecified atom stereocenters. The molecule has 0 spiro atoms. The third-order valence-electron chi connectivity index (χ3n) is 2.13. The molecular formula is C7H10N4O3. The summed E-state index contributed by atoms with van der Waals surface area (Å²) in [6.07, 6.45) is 0. The monoisotopic (exact) mass is 198 g/mol. The zero-order valence-corrected chi connectivity index (χ0v) is 7.45. The summed E-state index contributed by atoms with van der Waals surface area (Å²) < 4.78 is 0. The van der Waals surface area contributed by atoms with Crippen LogP contribution in [0, 0.1) is 0 Å². The van der Waals surface area contributed by atoms with E-state index in [0.29, 0.717) is 13.1 Å². The van der Waals surface area contributed by atoms with Gasteiger partial charge in [-0.3, -0.25) is 14.9 Å². The summed E-state index contributed by atoms with van der Waals surface area (Å²) in [6.45, 7) is 1.19. The predicted octanol–water partition coefficient (Wildman–Crippen LogP) is -2.11. The Hall–Kier alpha value is -1.63. The quantitative estimate of drug-likeness (QED) is 0.472. The number of carbonyl (C=O) groups is 3. The number of hydrogen-bond acceptors (Lipinski definition) is 4. The minimum absolute atomic E-state index is 0.0649. The van der Waals surface area contributed by atoms with Crippen LogP contribution in [0.3, 0.4) is 0 Å².